The molecule has 0 amide bonds. The second-order valence-corrected chi connectivity index (χ2v) is 3.56. The van der Waals surface area contributed by atoms with E-state index in [-0.39, 0.29) is 6.42 Å². The second-order valence-electron chi connectivity index (χ2n) is 3.56. The Kier molecular flexibility index (Phi) is 10.2. The number of carboxylic acid groups (broad SMARTS) is 1. The van der Waals surface area contributed by atoms with E-state index in [1.807, 2.05) is 0 Å². The zero-order chi connectivity index (χ0) is 12.9. The van der Waals surface area contributed by atoms with Gasteiger partial charge in [0.25, 0.3) is 0 Å². The lowest BCUT2D eigenvalue weighted by Crippen LogP contribution is -2.32. The van der Waals surface area contributed by atoms with Gasteiger partial charge in [-0.25, -0.2) is 0 Å². The summed E-state index contributed by atoms with van der Waals surface area (Å²) in [5.74, 6) is -0.816. The maximum absolute atomic E-state index is 9.94. The Balaban J connectivity index is 0.000000318. The van der Waals surface area contributed by atoms with Crippen molar-refractivity contribution >= 4 is 5.97 Å². The zero-order valence-electron chi connectivity index (χ0n) is 10.3. The van der Waals surface area contributed by atoms with E-state index in [2.05, 4.69) is 18.5 Å². The van der Waals surface area contributed by atoms with Crippen LogP contribution in [-0.2, 0) is 9.53 Å². The van der Waals surface area contributed by atoms with Crippen LogP contribution in [0.4, 0.5) is 0 Å². The molecule has 0 aromatic rings. The minimum absolute atomic E-state index is 0.0709. The molecule has 4 heteroatoms. The highest BCUT2D eigenvalue weighted by Gasteiger charge is 2.02. The molecular formula is C13H21NO3. The molecule has 1 saturated heterocycles. The largest absolute Gasteiger partial charge is 0.481 e. The minimum atomic E-state index is -0.816. The van der Waals surface area contributed by atoms with Crippen LogP contribution in [0, 0.1) is 0 Å². The van der Waals surface area contributed by atoms with E-state index in [4.69, 9.17) is 9.84 Å². The van der Waals surface area contributed by atoms with Crippen LogP contribution in [0.2, 0.25) is 0 Å². The van der Waals surface area contributed by atoms with Gasteiger partial charge in [0, 0.05) is 13.1 Å². The molecule has 17 heavy (non-hydrogen) atoms. The molecule has 4 nitrogen and oxygen atoms in total. The van der Waals surface area contributed by atoms with Gasteiger partial charge in [0.2, 0.25) is 0 Å². The fourth-order valence-electron chi connectivity index (χ4n) is 1.04. The van der Waals surface area contributed by atoms with Crippen molar-refractivity contribution in [2.75, 3.05) is 33.4 Å². The molecule has 0 radical (unpaired) electrons. The van der Waals surface area contributed by atoms with Crippen molar-refractivity contribution in [3.8, 4) is 0 Å². The van der Waals surface area contributed by atoms with Gasteiger partial charge in [0.15, 0.2) is 0 Å². The topological polar surface area (TPSA) is 49.8 Å². The molecule has 0 bridgehead atoms. The van der Waals surface area contributed by atoms with E-state index in [0.717, 1.165) is 26.3 Å². The molecule has 96 valence electrons. The van der Waals surface area contributed by atoms with Gasteiger partial charge in [0.05, 0.1) is 19.6 Å². The van der Waals surface area contributed by atoms with E-state index < -0.39 is 5.97 Å². The standard InChI is InChI=1S/C8H10O2.C5H11NO/c1-2-3-4-5-6-7-8(9)10;1-6-2-4-7-5-3-6/h2-6H,1,7H2,(H,9,10);2-5H2,1H3/b4-3-,6-5+;. The maximum atomic E-state index is 9.94. The lowest BCUT2D eigenvalue weighted by atomic mass is 10.3. The zero-order valence-corrected chi connectivity index (χ0v) is 10.3. The third-order valence-electron chi connectivity index (χ3n) is 2.02. The molecule has 1 rings (SSSR count). The van der Waals surface area contributed by atoms with Crippen LogP contribution in [-0.4, -0.2) is 49.3 Å². The quantitative estimate of drug-likeness (QED) is 0.759. The molecule has 1 aliphatic rings. The van der Waals surface area contributed by atoms with Crippen LogP contribution >= 0.6 is 0 Å². The number of hydrogen-bond donors (Lipinski definition) is 1. The Morgan fingerprint density at radius 1 is 1.35 bits per heavy atom. The molecule has 0 spiro atoms. The number of morpholine rings is 1. The van der Waals surface area contributed by atoms with Crippen LogP contribution in [0.15, 0.2) is 37.0 Å². The van der Waals surface area contributed by atoms with Crippen molar-refractivity contribution < 1.29 is 14.6 Å². The van der Waals surface area contributed by atoms with Crippen LogP contribution in [0.3, 0.4) is 0 Å². The Bertz CT molecular complexity index is 266. The predicted octanol–water partition coefficient (Wildman–Crippen LogP) is 1.71. The SMILES string of the molecule is C=C/C=C\C=C\CC(=O)O.CN1CCOCC1. The number of rotatable bonds is 4. The number of aliphatic carboxylic acids is 1. The van der Waals surface area contributed by atoms with Gasteiger partial charge < -0.3 is 14.7 Å². The lowest BCUT2D eigenvalue weighted by Gasteiger charge is -2.21. The Morgan fingerprint density at radius 3 is 2.41 bits per heavy atom. The number of carboxylic acids is 1. The molecule has 1 fully saturated rings. The normalized spacial score (nSPS) is 16.8. The molecule has 0 saturated carbocycles. The first-order valence-corrected chi connectivity index (χ1v) is 5.59. The summed E-state index contributed by atoms with van der Waals surface area (Å²) in [6, 6.07) is 0. The molecular weight excluding hydrogens is 218 g/mol. The smallest absolute Gasteiger partial charge is 0.307 e. The van der Waals surface area contributed by atoms with Crippen LogP contribution < -0.4 is 0 Å². The summed E-state index contributed by atoms with van der Waals surface area (Å²) in [6.07, 6.45) is 8.42. The maximum Gasteiger partial charge on any atom is 0.307 e. The van der Waals surface area contributed by atoms with Gasteiger partial charge in [-0.3, -0.25) is 4.79 Å². The monoisotopic (exact) mass is 239 g/mol. The summed E-state index contributed by atoms with van der Waals surface area (Å²) < 4.78 is 5.10. The van der Waals surface area contributed by atoms with E-state index in [9.17, 15) is 4.79 Å². The molecule has 0 unspecified atom stereocenters. The molecule has 0 aliphatic carbocycles. The highest BCUT2D eigenvalue weighted by atomic mass is 16.5. The summed E-state index contributed by atoms with van der Waals surface area (Å²) in [6.45, 7) is 7.48. The fraction of sp³-hybridized carbons (Fsp3) is 0.462. The summed E-state index contributed by atoms with van der Waals surface area (Å²) in [4.78, 5) is 12.2. The Labute approximate surface area is 103 Å². The Morgan fingerprint density at radius 2 is 2.00 bits per heavy atom. The molecule has 0 aromatic heterocycles. The summed E-state index contributed by atoms with van der Waals surface area (Å²) in [7, 11) is 2.11. The van der Waals surface area contributed by atoms with Gasteiger partial charge in [0.1, 0.15) is 0 Å². The van der Waals surface area contributed by atoms with Crippen molar-refractivity contribution in [3.63, 3.8) is 0 Å². The summed E-state index contributed by atoms with van der Waals surface area (Å²) >= 11 is 0. The van der Waals surface area contributed by atoms with Crippen molar-refractivity contribution in [1.82, 2.24) is 4.90 Å². The van der Waals surface area contributed by atoms with E-state index in [1.54, 1.807) is 30.4 Å². The first-order chi connectivity index (χ1) is 8.16. The number of likely N-dealkylation sites (N-methyl/N-ethyl adjacent to an activating group) is 1. The van der Waals surface area contributed by atoms with Gasteiger partial charge in [-0.1, -0.05) is 37.0 Å². The highest BCUT2D eigenvalue weighted by Crippen LogP contribution is 1.89. The van der Waals surface area contributed by atoms with Crippen molar-refractivity contribution in [1.29, 1.82) is 0 Å². The average molecular weight is 239 g/mol. The highest BCUT2D eigenvalue weighted by molar-refractivity contribution is 5.68. The first-order valence-electron chi connectivity index (χ1n) is 5.59. The van der Waals surface area contributed by atoms with Crippen molar-refractivity contribution in [2.24, 2.45) is 0 Å². The van der Waals surface area contributed by atoms with Gasteiger partial charge in [-0.05, 0) is 7.05 Å². The molecule has 0 aromatic carbocycles. The summed E-state index contributed by atoms with van der Waals surface area (Å²) in [5, 5.41) is 8.17. The van der Waals surface area contributed by atoms with E-state index in [0.29, 0.717) is 0 Å². The third-order valence-corrected chi connectivity index (χ3v) is 2.02. The number of carbonyl (C=O) groups is 1. The first kappa shape index (κ1) is 15.6. The number of ether oxygens (including phenoxy) is 1. The second kappa shape index (κ2) is 11.1. The number of hydrogen-bond acceptors (Lipinski definition) is 3. The lowest BCUT2D eigenvalue weighted by molar-refractivity contribution is -0.136. The van der Waals surface area contributed by atoms with Gasteiger partial charge in [-0.15, -0.1) is 0 Å². The molecule has 0 atom stereocenters. The Hall–Kier alpha value is -1.39. The molecule has 1 heterocycles. The van der Waals surface area contributed by atoms with Crippen LogP contribution in [0.5, 0.6) is 0 Å². The van der Waals surface area contributed by atoms with E-state index in [1.165, 1.54) is 0 Å². The minimum Gasteiger partial charge on any atom is -0.481 e. The number of nitrogens with zero attached hydrogens (tertiary/aromatic N) is 1. The molecule has 1 aliphatic heterocycles. The van der Waals surface area contributed by atoms with Crippen molar-refractivity contribution in [2.45, 2.75) is 6.42 Å². The predicted molar refractivity (Wildman–Crippen MR) is 69.0 cm³/mol. The molecule has 1 N–H and O–H groups in total. The number of allylic oxidation sites excluding steroid dienone is 4. The van der Waals surface area contributed by atoms with Crippen LogP contribution in [0.1, 0.15) is 6.42 Å². The van der Waals surface area contributed by atoms with Gasteiger partial charge >= 0.3 is 5.97 Å². The van der Waals surface area contributed by atoms with Crippen LogP contribution in [0.25, 0.3) is 0 Å². The van der Waals surface area contributed by atoms with Crippen molar-refractivity contribution in [3.05, 3.63) is 37.0 Å². The summed E-state index contributed by atoms with van der Waals surface area (Å²) in [5.41, 5.74) is 0. The third kappa shape index (κ3) is 12.5. The average Bonchev–Trinajstić information content (AvgIpc) is 2.30. The van der Waals surface area contributed by atoms with E-state index >= 15 is 0 Å². The fourth-order valence-corrected chi connectivity index (χ4v) is 1.04. The van der Waals surface area contributed by atoms with Gasteiger partial charge in [-0.2, -0.15) is 0 Å².